The van der Waals surface area contributed by atoms with Gasteiger partial charge in [-0.3, -0.25) is 14.4 Å². The fraction of sp³-hybridized carbons (Fsp3) is 0.645. The molecule has 4 heterocycles. The Morgan fingerprint density at radius 2 is 1.80 bits per heavy atom. The van der Waals surface area contributed by atoms with E-state index in [4.69, 9.17) is 16.3 Å². The Bertz CT molecular complexity index is 1180. The number of anilines is 1. The normalized spacial score (nSPS) is 31.9. The summed E-state index contributed by atoms with van der Waals surface area (Å²) in [7, 11) is 0. The average Bonchev–Trinajstić information content (AvgIpc) is 3.59. The number of halogens is 1. The van der Waals surface area contributed by atoms with E-state index in [-0.39, 0.29) is 23.8 Å². The molecule has 2 N–H and O–H groups in total. The molecule has 9 heteroatoms. The molecule has 6 rings (SSSR count). The third kappa shape index (κ3) is 5.07. The maximum Gasteiger partial charge on any atom is 0.246 e. The summed E-state index contributed by atoms with van der Waals surface area (Å²) < 4.78 is 6.49. The van der Waals surface area contributed by atoms with Gasteiger partial charge in [-0.05, 0) is 76.4 Å². The summed E-state index contributed by atoms with van der Waals surface area (Å²) in [4.78, 5) is 45.9. The van der Waals surface area contributed by atoms with Gasteiger partial charge in [0.25, 0.3) is 0 Å². The zero-order chi connectivity index (χ0) is 27.9. The van der Waals surface area contributed by atoms with Gasteiger partial charge in [0.05, 0.1) is 17.9 Å². The van der Waals surface area contributed by atoms with Gasteiger partial charge in [-0.25, -0.2) is 0 Å². The molecule has 4 aliphatic heterocycles. The summed E-state index contributed by atoms with van der Waals surface area (Å²) in [6.45, 7) is 5.45. The SMILES string of the molecule is Cc1ccc(NC(=O)[C@H]2[C@@H]3C=C[C@]4(O3)[C@@H]2C(=O)N(CCCN2CCCCC2)[C@H]4C(=O)NC2CCCCC2)cc1Cl. The van der Waals surface area contributed by atoms with E-state index in [1.54, 1.807) is 11.0 Å². The highest BCUT2D eigenvalue weighted by molar-refractivity contribution is 6.31. The fourth-order valence-corrected chi connectivity index (χ4v) is 7.76. The van der Waals surface area contributed by atoms with Crippen LogP contribution in [0.2, 0.25) is 5.02 Å². The minimum absolute atomic E-state index is 0.120. The minimum atomic E-state index is -1.13. The lowest BCUT2D eigenvalue weighted by molar-refractivity contribution is -0.141. The van der Waals surface area contributed by atoms with Crippen LogP contribution in [0.15, 0.2) is 30.4 Å². The van der Waals surface area contributed by atoms with Crippen molar-refractivity contribution in [1.82, 2.24) is 15.1 Å². The molecule has 1 aromatic carbocycles. The summed E-state index contributed by atoms with van der Waals surface area (Å²) in [5, 5.41) is 6.79. The van der Waals surface area contributed by atoms with Crippen molar-refractivity contribution in [2.45, 2.75) is 88.5 Å². The second kappa shape index (κ2) is 11.5. The molecule has 1 saturated carbocycles. The van der Waals surface area contributed by atoms with Gasteiger partial charge in [0, 0.05) is 23.3 Å². The van der Waals surface area contributed by atoms with Crippen LogP contribution in [0.1, 0.15) is 63.4 Å². The highest BCUT2D eigenvalue weighted by Crippen LogP contribution is 2.55. The Labute approximate surface area is 241 Å². The predicted molar refractivity (Wildman–Crippen MR) is 154 cm³/mol. The maximum atomic E-state index is 14.1. The molecule has 3 saturated heterocycles. The van der Waals surface area contributed by atoms with Gasteiger partial charge < -0.3 is 25.2 Å². The van der Waals surface area contributed by atoms with Crippen LogP contribution in [-0.4, -0.2) is 77.5 Å². The van der Waals surface area contributed by atoms with E-state index < -0.39 is 29.6 Å². The maximum absolute atomic E-state index is 14.1. The second-order valence-electron chi connectivity index (χ2n) is 12.3. The molecular weight excluding hydrogens is 528 g/mol. The summed E-state index contributed by atoms with van der Waals surface area (Å²) in [6, 6.07) is 4.73. The van der Waals surface area contributed by atoms with Crippen LogP contribution in [0.4, 0.5) is 5.69 Å². The fourth-order valence-electron chi connectivity index (χ4n) is 7.58. The first-order chi connectivity index (χ1) is 19.4. The van der Waals surface area contributed by atoms with Gasteiger partial charge >= 0.3 is 0 Å². The summed E-state index contributed by atoms with van der Waals surface area (Å²) in [6.07, 6.45) is 13.0. The molecule has 5 aliphatic rings. The molecule has 8 nitrogen and oxygen atoms in total. The monoisotopic (exact) mass is 568 g/mol. The smallest absolute Gasteiger partial charge is 0.246 e. The van der Waals surface area contributed by atoms with E-state index in [1.165, 1.54) is 25.7 Å². The Balaban J connectivity index is 1.24. The molecule has 3 amide bonds. The molecule has 40 heavy (non-hydrogen) atoms. The van der Waals surface area contributed by atoms with Crippen molar-refractivity contribution in [2.75, 3.05) is 31.5 Å². The molecule has 0 unspecified atom stereocenters. The molecule has 4 fully saturated rings. The van der Waals surface area contributed by atoms with Crippen LogP contribution in [0.5, 0.6) is 0 Å². The van der Waals surface area contributed by atoms with E-state index in [9.17, 15) is 14.4 Å². The molecule has 0 radical (unpaired) electrons. The van der Waals surface area contributed by atoms with Crippen molar-refractivity contribution >= 4 is 35.0 Å². The number of benzene rings is 1. The van der Waals surface area contributed by atoms with Crippen LogP contribution in [-0.2, 0) is 19.1 Å². The highest BCUT2D eigenvalue weighted by Gasteiger charge is 2.72. The molecule has 1 aromatic rings. The van der Waals surface area contributed by atoms with Crippen LogP contribution >= 0.6 is 11.6 Å². The van der Waals surface area contributed by atoms with E-state index in [0.717, 1.165) is 57.3 Å². The highest BCUT2D eigenvalue weighted by atomic mass is 35.5. The number of amides is 3. The van der Waals surface area contributed by atoms with E-state index in [1.807, 2.05) is 31.2 Å². The number of fused-ring (bicyclic) bond motifs is 1. The first kappa shape index (κ1) is 27.7. The number of hydrogen-bond acceptors (Lipinski definition) is 5. The van der Waals surface area contributed by atoms with Crippen molar-refractivity contribution < 1.29 is 19.1 Å². The van der Waals surface area contributed by atoms with Gasteiger partial charge in [-0.15, -0.1) is 0 Å². The van der Waals surface area contributed by atoms with Gasteiger partial charge in [0.1, 0.15) is 11.6 Å². The van der Waals surface area contributed by atoms with Gasteiger partial charge in [0.2, 0.25) is 17.7 Å². The van der Waals surface area contributed by atoms with Crippen LogP contribution in [0, 0.1) is 18.8 Å². The van der Waals surface area contributed by atoms with Crippen molar-refractivity contribution in [3.63, 3.8) is 0 Å². The summed E-state index contributed by atoms with van der Waals surface area (Å²) in [5.41, 5.74) is 0.373. The largest absolute Gasteiger partial charge is 0.359 e. The number of carbonyl (C=O) groups is 3. The van der Waals surface area contributed by atoms with Crippen molar-refractivity contribution in [3.05, 3.63) is 40.9 Å². The number of nitrogens with zero attached hydrogens (tertiary/aromatic N) is 2. The molecular formula is C31H41ClN4O4. The van der Waals surface area contributed by atoms with Crippen LogP contribution in [0.25, 0.3) is 0 Å². The summed E-state index contributed by atoms with van der Waals surface area (Å²) >= 11 is 6.29. The van der Waals surface area contributed by atoms with E-state index in [2.05, 4.69) is 15.5 Å². The van der Waals surface area contributed by atoms with E-state index >= 15 is 0 Å². The van der Waals surface area contributed by atoms with Gasteiger partial charge in [-0.1, -0.05) is 55.5 Å². The molecule has 216 valence electrons. The number of nitrogens with one attached hydrogen (secondary N) is 2. The Morgan fingerprint density at radius 3 is 2.55 bits per heavy atom. The average molecular weight is 569 g/mol. The molecule has 2 bridgehead atoms. The van der Waals surface area contributed by atoms with Crippen LogP contribution in [0.3, 0.4) is 0 Å². The predicted octanol–water partition coefficient (Wildman–Crippen LogP) is 4.06. The standard InChI is InChI=1S/C31H41ClN4O4/c1-20-11-12-22(19-23(20)32)34-28(37)25-24-13-14-31(40-24)26(25)30(39)36(18-8-17-35-15-6-3-7-16-35)27(31)29(38)33-21-9-4-2-5-10-21/h11-14,19,21,24-27H,2-10,15-18H2,1H3,(H,33,38)(H,34,37)/t24-,25-,26-,27-,31-/m0/s1. The number of piperidine rings is 1. The number of carbonyl (C=O) groups excluding carboxylic acids is 3. The minimum Gasteiger partial charge on any atom is -0.359 e. The quantitative estimate of drug-likeness (QED) is 0.462. The first-order valence-electron chi connectivity index (χ1n) is 15.1. The number of hydrogen-bond donors (Lipinski definition) is 2. The zero-order valence-electron chi connectivity index (χ0n) is 23.4. The Morgan fingerprint density at radius 1 is 1.05 bits per heavy atom. The molecule has 1 spiro atoms. The number of aryl methyl sites for hydroxylation is 1. The number of ether oxygens (including phenoxy) is 1. The summed E-state index contributed by atoms with van der Waals surface area (Å²) in [5.74, 6) is -2.04. The van der Waals surface area contributed by atoms with Crippen LogP contribution < -0.4 is 10.6 Å². The van der Waals surface area contributed by atoms with Crippen molar-refractivity contribution in [3.8, 4) is 0 Å². The lowest BCUT2D eigenvalue weighted by Gasteiger charge is -2.34. The number of likely N-dealkylation sites (tertiary alicyclic amines) is 2. The second-order valence-corrected chi connectivity index (χ2v) is 12.7. The van der Waals surface area contributed by atoms with Gasteiger partial charge in [0.15, 0.2) is 0 Å². The lowest BCUT2D eigenvalue weighted by Crippen LogP contribution is -2.56. The van der Waals surface area contributed by atoms with Crippen molar-refractivity contribution in [2.24, 2.45) is 11.8 Å². The topological polar surface area (TPSA) is 91.0 Å². The molecule has 0 aromatic heterocycles. The van der Waals surface area contributed by atoms with Crippen molar-refractivity contribution in [1.29, 1.82) is 0 Å². The Hall–Kier alpha value is -2.42. The van der Waals surface area contributed by atoms with Gasteiger partial charge in [-0.2, -0.15) is 0 Å². The Kier molecular flexibility index (Phi) is 7.94. The lowest BCUT2D eigenvalue weighted by atomic mass is 9.74. The molecule has 5 atom stereocenters. The van der Waals surface area contributed by atoms with E-state index in [0.29, 0.717) is 17.3 Å². The number of rotatable bonds is 8. The zero-order valence-corrected chi connectivity index (χ0v) is 24.1. The first-order valence-corrected chi connectivity index (χ1v) is 15.5. The molecule has 1 aliphatic carbocycles. The third-order valence-electron chi connectivity index (χ3n) is 9.64. The third-order valence-corrected chi connectivity index (χ3v) is 10.0.